The first-order valence-corrected chi connectivity index (χ1v) is 6.13. The van der Waals surface area contributed by atoms with E-state index in [0.717, 1.165) is 21.2 Å². The second-order valence-electron chi connectivity index (χ2n) is 3.65. The molecule has 84 valence electrons. The average Bonchev–Trinajstić information content (AvgIpc) is 2.14. The molecular formula is C11H15BrO2S. The largest absolute Gasteiger partial charge is 0.389 e. The molecule has 15 heavy (non-hydrogen) atoms. The molecule has 1 aromatic carbocycles. The van der Waals surface area contributed by atoms with Gasteiger partial charge in [0.25, 0.3) is 0 Å². The summed E-state index contributed by atoms with van der Waals surface area (Å²) >= 11 is 7.37. The molecule has 0 aromatic heterocycles. The lowest BCUT2D eigenvalue weighted by Crippen LogP contribution is -2.21. The van der Waals surface area contributed by atoms with E-state index in [2.05, 4.69) is 28.6 Å². The standard InChI is InChI=1S/C11H15BrO2S/c1-6-3-8(12)4-7(2)10(6)11(14)9(13)5-15/h3-4,9,11,13-15H,5H2,1-2H3. The third-order valence-electron chi connectivity index (χ3n) is 2.41. The van der Waals surface area contributed by atoms with E-state index < -0.39 is 12.2 Å². The Morgan fingerprint density at radius 2 is 1.73 bits per heavy atom. The van der Waals surface area contributed by atoms with E-state index >= 15 is 0 Å². The number of aryl methyl sites for hydroxylation is 2. The molecule has 0 heterocycles. The van der Waals surface area contributed by atoms with E-state index in [1.807, 2.05) is 26.0 Å². The van der Waals surface area contributed by atoms with Gasteiger partial charge >= 0.3 is 0 Å². The van der Waals surface area contributed by atoms with Crippen molar-refractivity contribution >= 4 is 28.6 Å². The fraction of sp³-hybridized carbons (Fsp3) is 0.455. The summed E-state index contributed by atoms with van der Waals surface area (Å²) in [6.45, 7) is 3.84. The second-order valence-corrected chi connectivity index (χ2v) is 4.93. The first-order valence-electron chi connectivity index (χ1n) is 4.71. The predicted octanol–water partition coefficient (Wildman–Crippen LogP) is 2.39. The normalized spacial score (nSPS) is 15.1. The Labute approximate surface area is 104 Å². The van der Waals surface area contributed by atoms with Gasteiger partial charge in [0.2, 0.25) is 0 Å². The zero-order valence-electron chi connectivity index (χ0n) is 8.74. The molecule has 0 bridgehead atoms. The molecule has 0 spiro atoms. The van der Waals surface area contributed by atoms with Crippen molar-refractivity contribution in [1.29, 1.82) is 0 Å². The summed E-state index contributed by atoms with van der Waals surface area (Å²) in [5.41, 5.74) is 2.73. The number of hydrogen-bond donors (Lipinski definition) is 3. The summed E-state index contributed by atoms with van der Waals surface area (Å²) in [7, 11) is 0. The highest BCUT2D eigenvalue weighted by Crippen LogP contribution is 2.28. The summed E-state index contributed by atoms with van der Waals surface area (Å²) in [6.07, 6.45) is -1.69. The van der Waals surface area contributed by atoms with Crippen LogP contribution >= 0.6 is 28.6 Å². The van der Waals surface area contributed by atoms with Crippen molar-refractivity contribution in [3.05, 3.63) is 33.3 Å². The molecule has 4 heteroatoms. The molecule has 0 aliphatic rings. The minimum absolute atomic E-state index is 0.246. The fourth-order valence-electron chi connectivity index (χ4n) is 1.68. The maximum absolute atomic E-state index is 9.93. The molecule has 2 N–H and O–H groups in total. The smallest absolute Gasteiger partial charge is 0.106 e. The van der Waals surface area contributed by atoms with E-state index in [9.17, 15) is 10.2 Å². The highest BCUT2D eigenvalue weighted by atomic mass is 79.9. The lowest BCUT2D eigenvalue weighted by atomic mass is 9.95. The maximum Gasteiger partial charge on any atom is 0.106 e. The second kappa shape index (κ2) is 5.34. The highest BCUT2D eigenvalue weighted by Gasteiger charge is 2.20. The Balaban J connectivity index is 3.13. The summed E-state index contributed by atoms with van der Waals surface area (Å²) in [5.74, 6) is 0.246. The van der Waals surface area contributed by atoms with E-state index in [-0.39, 0.29) is 5.75 Å². The van der Waals surface area contributed by atoms with Crippen LogP contribution in [-0.4, -0.2) is 22.1 Å². The minimum atomic E-state index is -0.865. The zero-order valence-corrected chi connectivity index (χ0v) is 11.2. The molecule has 2 nitrogen and oxygen atoms in total. The van der Waals surface area contributed by atoms with Crippen molar-refractivity contribution in [3.63, 3.8) is 0 Å². The number of hydrogen-bond acceptors (Lipinski definition) is 3. The summed E-state index contributed by atoms with van der Waals surface area (Å²) in [5, 5.41) is 19.5. The molecular weight excluding hydrogens is 276 g/mol. The Hall–Kier alpha value is -0.0300. The summed E-state index contributed by atoms with van der Waals surface area (Å²) < 4.78 is 0.980. The van der Waals surface area contributed by atoms with Crippen LogP contribution in [0.4, 0.5) is 0 Å². The molecule has 0 aliphatic heterocycles. The number of aliphatic hydroxyl groups is 2. The fourth-order valence-corrected chi connectivity index (χ4v) is 2.57. The molecule has 2 atom stereocenters. The Morgan fingerprint density at radius 1 is 1.27 bits per heavy atom. The van der Waals surface area contributed by atoms with Gasteiger partial charge in [0.1, 0.15) is 6.10 Å². The molecule has 0 saturated carbocycles. The molecule has 0 fully saturated rings. The summed E-state index contributed by atoms with van der Waals surface area (Å²) in [6, 6.07) is 3.85. The number of thiol groups is 1. The van der Waals surface area contributed by atoms with Crippen molar-refractivity contribution in [2.45, 2.75) is 26.1 Å². The van der Waals surface area contributed by atoms with Crippen molar-refractivity contribution in [1.82, 2.24) is 0 Å². The predicted molar refractivity (Wildman–Crippen MR) is 68.4 cm³/mol. The third kappa shape index (κ3) is 2.97. The van der Waals surface area contributed by atoms with Crippen molar-refractivity contribution < 1.29 is 10.2 Å². The Bertz CT molecular complexity index is 331. The third-order valence-corrected chi connectivity index (χ3v) is 3.24. The van der Waals surface area contributed by atoms with Gasteiger partial charge in [-0.3, -0.25) is 0 Å². The quantitative estimate of drug-likeness (QED) is 0.748. The first kappa shape index (κ1) is 13.0. The van der Waals surface area contributed by atoms with Gasteiger partial charge in [-0.05, 0) is 42.7 Å². The highest BCUT2D eigenvalue weighted by molar-refractivity contribution is 9.10. The van der Waals surface area contributed by atoms with Gasteiger partial charge < -0.3 is 10.2 Å². The number of aliphatic hydroxyl groups excluding tert-OH is 2. The molecule has 0 radical (unpaired) electrons. The van der Waals surface area contributed by atoms with Crippen LogP contribution in [0.25, 0.3) is 0 Å². The SMILES string of the molecule is Cc1cc(Br)cc(C)c1C(O)C(O)CS. The van der Waals surface area contributed by atoms with Crippen LogP contribution in [0, 0.1) is 13.8 Å². The van der Waals surface area contributed by atoms with E-state index in [0.29, 0.717) is 0 Å². The van der Waals surface area contributed by atoms with E-state index in [4.69, 9.17) is 0 Å². The maximum atomic E-state index is 9.93. The van der Waals surface area contributed by atoms with Crippen LogP contribution in [0.2, 0.25) is 0 Å². The summed E-state index contributed by atoms with van der Waals surface area (Å²) in [4.78, 5) is 0. The first-order chi connectivity index (χ1) is 6.97. The Kier molecular flexibility index (Phi) is 4.64. The lowest BCUT2D eigenvalue weighted by Gasteiger charge is -2.20. The average molecular weight is 291 g/mol. The van der Waals surface area contributed by atoms with Crippen molar-refractivity contribution in [3.8, 4) is 0 Å². The zero-order chi connectivity index (χ0) is 11.6. The van der Waals surface area contributed by atoms with Gasteiger partial charge in [-0.15, -0.1) is 0 Å². The minimum Gasteiger partial charge on any atom is -0.389 e. The van der Waals surface area contributed by atoms with Crippen LogP contribution in [0.15, 0.2) is 16.6 Å². The molecule has 2 unspecified atom stereocenters. The van der Waals surface area contributed by atoms with Gasteiger partial charge in [0, 0.05) is 10.2 Å². The van der Waals surface area contributed by atoms with Gasteiger partial charge in [-0.25, -0.2) is 0 Å². The number of rotatable bonds is 3. The van der Waals surface area contributed by atoms with Crippen LogP contribution in [0.1, 0.15) is 22.8 Å². The molecule has 0 saturated heterocycles. The van der Waals surface area contributed by atoms with Crippen LogP contribution < -0.4 is 0 Å². The number of benzene rings is 1. The molecule has 0 aliphatic carbocycles. The topological polar surface area (TPSA) is 40.5 Å². The van der Waals surface area contributed by atoms with Gasteiger partial charge in [-0.1, -0.05) is 15.9 Å². The van der Waals surface area contributed by atoms with Crippen LogP contribution in [-0.2, 0) is 0 Å². The lowest BCUT2D eigenvalue weighted by molar-refractivity contribution is 0.0329. The van der Waals surface area contributed by atoms with Crippen molar-refractivity contribution in [2.24, 2.45) is 0 Å². The number of halogens is 1. The van der Waals surface area contributed by atoms with Crippen LogP contribution in [0.5, 0.6) is 0 Å². The van der Waals surface area contributed by atoms with Gasteiger partial charge in [0.05, 0.1) is 6.10 Å². The van der Waals surface area contributed by atoms with E-state index in [1.165, 1.54) is 0 Å². The van der Waals surface area contributed by atoms with Crippen molar-refractivity contribution in [2.75, 3.05) is 5.75 Å². The van der Waals surface area contributed by atoms with Gasteiger partial charge in [-0.2, -0.15) is 12.6 Å². The molecule has 0 amide bonds. The molecule has 1 aromatic rings. The van der Waals surface area contributed by atoms with E-state index in [1.54, 1.807) is 0 Å². The molecule has 1 rings (SSSR count). The monoisotopic (exact) mass is 290 g/mol. The van der Waals surface area contributed by atoms with Crippen LogP contribution in [0.3, 0.4) is 0 Å². The van der Waals surface area contributed by atoms with Gasteiger partial charge in [0.15, 0.2) is 0 Å². The Morgan fingerprint density at radius 3 is 2.13 bits per heavy atom.